The number of carbonyl (C=O) groups excluding carboxylic acids is 1. The molecule has 1 fully saturated rings. The molecule has 1 aliphatic heterocycles. The zero-order valence-electron chi connectivity index (χ0n) is 12.1. The van der Waals surface area contributed by atoms with Crippen molar-refractivity contribution in [3.05, 3.63) is 35.4 Å². The fourth-order valence-electron chi connectivity index (χ4n) is 2.76. The predicted octanol–water partition coefficient (Wildman–Crippen LogP) is 1.54. The fourth-order valence-corrected chi connectivity index (χ4v) is 4.15. The Hall–Kier alpha value is -1.04. The van der Waals surface area contributed by atoms with Crippen LogP contribution in [-0.2, 0) is 17.8 Å². The molecule has 1 aromatic rings. The van der Waals surface area contributed by atoms with E-state index in [1.54, 1.807) is 0 Å². The van der Waals surface area contributed by atoms with Gasteiger partial charge < -0.3 is 0 Å². The van der Waals surface area contributed by atoms with Crippen molar-refractivity contribution in [2.45, 2.75) is 37.3 Å². The lowest BCUT2D eigenvalue weighted by Gasteiger charge is -2.35. The van der Waals surface area contributed by atoms with Gasteiger partial charge in [0.05, 0.1) is 6.42 Å². The number of benzene rings is 1. The molecule has 20 heavy (non-hydrogen) atoms. The Morgan fingerprint density at radius 1 is 1.30 bits per heavy atom. The zero-order valence-corrected chi connectivity index (χ0v) is 13.0. The van der Waals surface area contributed by atoms with Crippen LogP contribution in [0.4, 0.5) is 0 Å². The van der Waals surface area contributed by atoms with Crippen molar-refractivity contribution >= 4 is 17.7 Å². The van der Waals surface area contributed by atoms with E-state index >= 15 is 0 Å². The Morgan fingerprint density at radius 2 is 1.90 bits per heavy atom. The first-order chi connectivity index (χ1) is 9.58. The number of thioether (sulfide) groups is 1. The highest BCUT2D eigenvalue weighted by molar-refractivity contribution is 8.00. The average molecular weight is 293 g/mol. The molecule has 2 rings (SSSR count). The smallest absolute Gasteiger partial charge is 0.238 e. The van der Waals surface area contributed by atoms with E-state index in [2.05, 4.69) is 42.0 Å². The molecule has 2 atom stereocenters. The second-order valence-electron chi connectivity index (χ2n) is 5.46. The van der Waals surface area contributed by atoms with Gasteiger partial charge in [-0.15, -0.1) is 0 Å². The second-order valence-corrected chi connectivity index (χ2v) is 7.35. The van der Waals surface area contributed by atoms with Crippen LogP contribution in [0.25, 0.3) is 0 Å². The molecule has 1 heterocycles. The van der Waals surface area contributed by atoms with E-state index in [0.29, 0.717) is 16.9 Å². The first kappa shape index (κ1) is 15.4. The van der Waals surface area contributed by atoms with Crippen LogP contribution in [0.3, 0.4) is 0 Å². The summed E-state index contributed by atoms with van der Waals surface area (Å²) in [5, 5.41) is 1.33. The Bertz CT molecular complexity index is 456. The normalized spacial score (nSPS) is 23.6. The number of hydrogen-bond donors (Lipinski definition) is 2. The molecule has 0 bridgehead atoms. The average Bonchev–Trinajstić information content (AvgIpc) is 2.39. The minimum atomic E-state index is -0.145. The molecular formula is C15H23N3OS. The first-order valence-electron chi connectivity index (χ1n) is 7.02. The molecule has 4 nitrogen and oxygen atoms in total. The summed E-state index contributed by atoms with van der Waals surface area (Å²) in [6.07, 6.45) is 0.348. The SMILES string of the molecule is CC1CN(Cc2ccccc2CC(=O)NN)CC(C)S1. The van der Waals surface area contributed by atoms with Crippen molar-refractivity contribution in [1.29, 1.82) is 0 Å². The summed E-state index contributed by atoms with van der Waals surface area (Å²) in [5.74, 6) is 5.03. The van der Waals surface area contributed by atoms with Gasteiger partial charge in [0.2, 0.25) is 5.91 Å². The molecule has 0 aliphatic carbocycles. The van der Waals surface area contributed by atoms with Gasteiger partial charge in [0.15, 0.2) is 0 Å². The quantitative estimate of drug-likeness (QED) is 0.502. The van der Waals surface area contributed by atoms with Crippen LogP contribution in [0.5, 0.6) is 0 Å². The molecule has 0 spiro atoms. The highest BCUT2D eigenvalue weighted by Crippen LogP contribution is 2.26. The molecule has 1 aromatic carbocycles. The van der Waals surface area contributed by atoms with Crippen LogP contribution < -0.4 is 11.3 Å². The highest BCUT2D eigenvalue weighted by atomic mass is 32.2. The summed E-state index contributed by atoms with van der Waals surface area (Å²) in [7, 11) is 0. The Labute approximate surface area is 125 Å². The van der Waals surface area contributed by atoms with Crippen LogP contribution >= 0.6 is 11.8 Å². The van der Waals surface area contributed by atoms with Gasteiger partial charge in [-0.05, 0) is 11.1 Å². The molecule has 1 aliphatic rings. The highest BCUT2D eigenvalue weighted by Gasteiger charge is 2.22. The third kappa shape index (κ3) is 4.23. The first-order valence-corrected chi connectivity index (χ1v) is 7.96. The number of amides is 1. The number of hydrogen-bond acceptors (Lipinski definition) is 4. The molecule has 0 radical (unpaired) electrons. The summed E-state index contributed by atoms with van der Waals surface area (Å²) in [6.45, 7) is 7.67. The number of nitrogens with one attached hydrogen (secondary N) is 1. The van der Waals surface area contributed by atoms with Crippen molar-refractivity contribution in [3.8, 4) is 0 Å². The summed E-state index contributed by atoms with van der Waals surface area (Å²) < 4.78 is 0. The molecule has 3 N–H and O–H groups in total. The topological polar surface area (TPSA) is 58.4 Å². The summed E-state index contributed by atoms with van der Waals surface area (Å²) in [4.78, 5) is 14.0. The Balaban J connectivity index is 2.06. The molecule has 1 saturated heterocycles. The van der Waals surface area contributed by atoms with Gasteiger partial charge in [-0.3, -0.25) is 15.1 Å². The fraction of sp³-hybridized carbons (Fsp3) is 0.533. The third-order valence-electron chi connectivity index (χ3n) is 3.52. The molecule has 5 heteroatoms. The van der Waals surface area contributed by atoms with E-state index in [4.69, 9.17) is 5.84 Å². The van der Waals surface area contributed by atoms with Crippen molar-refractivity contribution in [2.24, 2.45) is 5.84 Å². The lowest BCUT2D eigenvalue weighted by atomic mass is 10.0. The van der Waals surface area contributed by atoms with Crippen LogP contribution in [0.15, 0.2) is 24.3 Å². The number of nitrogens with zero attached hydrogens (tertiary/aromatic N) is 1. The van der Waals surface area contributed by atoms with Gasteiger partial charge in [0.1, 0.15) is 0 Å². The predicted molar refractivity (Wildman–Crippen MR) is 84.3 cm³/mol. The maximum Gasteiger partial charge on any atom is 0.238 e. The minimum absolute atomic E-state index is 0.145. The summed E-state index contributed by atoms with van der Waals surface area (Å²) in [6, 6.07) is 8.12. The summed E-state index contributed by atoms with van der Waals surface area (Å²) in [5.41, 5.74) is 4.49. The summed E-state index contributed by atoms with van der Waals surface area (Å²) >= 11 is 2.05. The van der Waals surface area contributed by atoms with Gasteiger partial charge in [-0.2, -0.15) is 11.8 Å². The van der Waals surface area contributed by atoms with Gasteiger partial charge in [-0.1, -0.05) is 38.1 Å². The van der Waals surface area contributed by atoms with E-state index in [9.17, 15) is 4.79 Å². The van der Waals surface area contributed by atoms with E-state index in [0.717, 1.165) is 25.2 Å². The third-order valence-corrected chi connectivity index (χ3v) is 4.75. The van der Waals surface area contributed by atoms with Crippen LogP contribution in [-0.4, -0.2) is 34.4 Å². The molecule has 110 valence electrons. The van der Waals surface area contributed by atoms with E-state index in [1.807, 2.05) is 18.2 Å². The van der Waals surface area contributed by atoms with Gasteiger partial charge in [-0.25, -0.2) is 5.84 Å². The van der Waals surface area contributed by atoms with Gasteiger partial charge in [0, 0.05) is 30.1 Å². The minimum Gasteiger partial charge on any atom is -0.297 e. The molecule has 1 amide bonds. The van der Waals surface area contributed by atoms with Crippen LogP contribution in [0.2, 0.25) is 0 Å². The monoisotopic (exact) mass is 293 g/mol. The lowest BCUT2D eigenvalue weighted by molar-refractivity contribution is -0.120. The van der Waals surface area contributed by atoms with Gasteiger partial charge >= 0.3 is 0 Å². The van der Waals surface area contributed by atoms with Crippen molar-refractivity contribution in [3.63, 3.8) is 0 Å². The molecule has 2 unspecified atom stereocenters. The zero-order chi connectivity index (χ0) is 14.5. The van der Waals surface area contributed by atoms with Crippen LogP contribution in [0, 0.1) is 0 Å². The number of carbonyl (C=O) groups is 1. The molecule has 0 saturated carbocycles. The molecular weight excluding hydrogens is 270 g/mol. The van der Waals surface area contributed by atoms with E-state index in [-0.39, 0.29) is 5.91 Å². The standard InChI is InChI=1S/C15H23N3OS/c1-11-8-18(9-12(2)20-11)10-14-6-4-3-5-13(14)7-15(19)17-16/h3-6,11-12H,7-10,16H2,1-2H3,(H,17,19). The number of hydrazine groups is 1. The van der Waals surface area contributed by atoms with Crippen molar-refractivity contribution in [2.75, 3.05) is 13.1 Å². The number of rotatable bonds is 4. The van der Waals surface area contributed by atoms with Gasteiger partial charge in [0.25, 0.3) is 0 Å². The van der Waals surface area contributed by atoms with Crippen LogP contribution in [0.1, 0.15) is 25.0 Å². The van der Waals surface area contributed by atoms with E-state index < -0.39 is 0 Å². The second kappa shape index (κ2) is 7.11. The number of nitrogens with two attached hydrogens (primary N) is 1. The Morgan fingerprint density at radius 3 is 2.50 bits per heavy atom. The van der Waals surface area contributed by atoms with Crippen molar-refractivity contribution in [1.82, 2.24) is 10.3 Å². The van der Waals surface area contributed by atoms with E-state index in [1.165, 1.54) is 5.56 Å². The molecule has 0 aromatic heterocycles. The largest absolute Gasteiger partial charge is 0.297 e. The maximum atomic E-state index is 11.5. The Kier molecular flexibility index (Phi) is 5.46. The maximum absolute atomic E-state index is 11.5. The lowest BCUT2D eigenvalue weighted by Crippen LogP contribution is -2.40. The van der Waals surface area contributed by atoms with Crippen molar-refractivity contribution < 1.29 is 4.79 Å².